The molecule has 0 saturated heterocycles. The van der Waals surface area contributed by atoms with Crippen molar-refractivity contribution in [3.05, 3.63) is 115 Å². The summed E-state index contributed by atoms with van der Waals surface area (Å²) in [7, 11) is 3.13. The van der Waals surface area contributed by atoms with Gasteiger partial charge in [0.2, 0.25) is 0 Å². The van der Waals surface area contributed by atoms with Gasteiger partial charge in [-0.15, -0.1) is 0 Å². The van der Waals surface area contributed by atoms with E-state index in [1.54, 1.807) is 50.8 Å². The highest BCUT2D eigenvalue weighted by Crippen LogP contribution is 2.38. The number of carbonyl (C=O) groups excluding carboxylic acids is 1. The number of aromatic nitrogens is 1. The second kappa shape index (κ2) is 10.7. The Kier molecular flexibility index (Phi) is 6.93. The van der Waals surface area contributed by atoms with Crippen LogP contribution >= 0.6 is 11.3 Å². The van der Waals surface area contributed by atoms with Gasteiger partial charge in [0, 0.05) is 5.56 Å². The van der Waals surface area contributed by atoms with E-state index in [0.717, 1.165) is 27.1 Å². The number of carbonyl (C=O) groups is 1. The maximum absolute atomic E-state index is 14.3. The standard InChI is InChI=1S/C33H28N2O5S/c1-5-40-32(37)29-19(2)34-33-35(30(29)26-17-22(38-3)14-15-27(26)39-4)31(36)28(41-33)18-25-23-12-8-6-10-20(23)16-21-11-7-9-13-24(21)25/h6-18,30H,5H2,1-4H3/b28-18-. The lowest BCUT2D eigenvalue weighted by molar-refractivity contribution is -0.139. The smallest absolute Gasteiger partial charge is 0.338 e. The van der Waals surface area contributed by atoms with E-state index in [0.29, 0.717) is 32.1 Å². The summed E-state index contributed by atoms with van der Waals surface area (Å²) in [6.07, 6.45) is 1.94. The van der Waals surface area contributed by atoms with E-state index in [1.165, 1.54) is 11.3 Å². The van der Waals surface area contributed by atoms with Gasteiger partial charge in [0.15, 0.2) is 4.80 Å². The summed E-state index contributed by atoms with van der Waals surface area (Å²) in [6, 6.07) is 23.0. The van der Waals surface area contributed by atoms with Crippen LogP contribution in [0.4, 0.5) is 0 Å². The van der Waals surface area contributed by atoms with Crippen molar-refractivity contribution in [3.63, 3.8) is 0 Å². The van der Waals surface area contributed by atoms with Crippen molar-refractivity contribution in [2.45, 2.75) is 19.9 Å². The molecule has 7 nitrogen and oxygen atoms in total. The van der Waals surface area contributed by atoms with Gasteiger partial charge in [-0.2, -0.15) is 0 Å². The Balaban J connectivity index is 1.67. The monoisotopic (exact) mass is 564 g/mol. The molecule has 1 aliphatic heterocycles. The van der Waals surface area contributed by atoms with Gasteiger partial charge in [0.25, 0.3) is 5.56 Å². The zero-order valence-corrected chi connectivity index (χ0v) is 24.0. The first kappa shape index (κ1) is 26.5. The number of esters is 1. The second-order valence-corrected chi connectivity index (χ2v) is 10.7. The first-order valence-corrected chi connectivity index (χ1v) is 14.1. The molecule has 0 bridgehead atoms. The molecule has 4 aromatic carbocycles. The number of hydrogen-bond donors (Lipinski definition) is 0. The number of allylic oxidation sites excluding steroid dienone is 1. The van der Waals surface area contributed by atoms with Gasteiger partial charge in [-0.25, -0.2) is 9.79 Å². The van der Waals surface area contributed by atoms with Gasteiger partial charge in [0.1, 0.15) is 17.5 Å². The van der Waals surface area contributed by atoms with Gasteiger partial charge in [-0.1, -0.05) is 59.9 Å². The van der Waals surface area contributed by atoms with Crippen LogP contribution in [0.5, 0.6) is 11.5 Å². The minimum Gasteiger partial charge on any atom is -0.497 e. The molecule has 0 fully saturated rings. The van der Waals surface area contributed by atoms with Crippen LogP contribution in [0.25, 0.3) is 27.6 Å². The van der Waals surface area contributed by atoms with Crippen LogP contribution < -0.4 is 24.4 Å². The number of hydrogen-bond acceptors (Lipinski definition) is 7. The summed E-state index contributed by atoms with van der Waals surface area (Å²) in [5.74, 6) is 0.558. The van der Waals surface area contributed by atoms with Gasteiger partial charge in [-0.05, 0) is 71.3 Å². The maximum atomic E-state index is 14.3. The summed E-state index contributed by atoms with van der Waals surface area (Å²) < 4.78 is 18.7. The Bertz CT molecular complexity index is 2000. The molecule has 2 heterocycles. The summed E-state index contributed by atoms with van der Waals surface area (Å²) in [4.78, 5) is 32.8. The second-order valence-electron chi connectivity index (χ2n) is 9.64. The van der Waals surface area contributed by atoms with Crippen molar-refractivity contribution >= 4 is 44.9 Å². The first-order valence-electron chi connectivity index (χ1n) is 13.3. The number of fused-ring (bicyclic) bond motifs is 3. The number of nitrogens with zero attached hydrogens (tertiary/aromatic N) is 2. The Morgan fingerprint density at radius 1 is 0.976 bits per heavy atom. The Morgan fingerprint density at radius 2 is 1.66 bits per heavy atom. The lowest BCUT2D eigenvalue weighted by atomic mass is 9.94. The lowest BCUT2D eigenvalue weighted by Gasteiger charge is -2.26. The van der Waals surface area contributed by atoms with Crippen LogP contribution in [0, 0.1) is 0 Å². The number of rotatable bonds is 6. The van der Waals surface area contributed by atoms with Gasteiger partial charge in [0.05, 0.1) is 36.6 Å². The van der Waals surface area contributed by atoms with Crippen molar-refractivity contribution < 1.29 is 19.0 Å². The summed E-state index contributed by atoms with van der Waals surface area (Å²) in [5.41, 5.74) is 2.08. The van der Waals surface area contributed by atoms with E-state index < -0.39 is 12.0 Å². The van der Waals surface area contributed by atoms with E-state index >= 15 is 0 Å². The molecule has 0 aliphatic carbocycles. The maximum Gasteiger partial charge on any atom is 0.338 e. The topological polar surface area (TPSA) is 79.1 Å². The van der Waals surface area contributed by atoms with Crippen LogP contribution in [-0.2, 0) is 9.53 Å². The van der Waals surface area contributed by atoms with Crippen molar-refractivity contribution in [2.24, 2.45) is 4.99 Å². The summed E-state index contributed by atoms with van der Waals surface area (Å²) in [6.45, 7) is 3.70. The van der Waals surface area contributed by atoms with Gasteiger partial charge < -0.3 is 14.2 Å². The molecule has 0 N–H and O–H groups in total. The molecular weight excluding hydrogens is 536 g/mol. The number of ether oxygens (including phenoxy) is 3. The third-order valence-corrected chi connectivity index (χ3v) is 8.32. The highest BCUT2D eigenvalue weighted by Gasteiger charge is 2.35. The molecule has 1 unspecified atom stereocenters. The van der Waals surface area contributed by atoms with Crippen molar-refractivity contribution in [1.82, 2.24) is 4.57 Å². The van der Waals surface area contributed by atoms with Crippen molar-refractivity contribution in [1.29, 1.82) is 0 Å². The van der Waals surface area contributed by atoms with E-state index in [-0.39, 0.29) is 17.7 Å². The highest BCUT2D eigenvalue weighted by atomic mass is 32.1. The van der Waals surface area contributed by atoms with Crippen LogP contribution in [0.15, 0.2) is 93.9 Å². The molecule has 6 rings (SSSR count). The highest BCUT2D eigenvalue weighted by molar-refractivity contribution is 7.07. The molecule has 1 aromatic heterocycles. The largest absolute Gasteiger partial charge is 0.497 e. The first-order chi connectivity index (χ1) is 19.9. The van der Waals surface area contributed by atoms with Crippen molar-refractivity contribution in [2.75, 3.05) is 20.8 Å². The zero-order chi connectivity index (χ0) is 28.7. The molecule has 0 radical (unpaired) electrons. The average Bonchev–Trinajstić information content (AvgIpc) is 3.29. The molecule has 1 atom stereocenters. The third kappa shape index (κ3) is 4.50. The number of benzene rings is 4. The Morgan fingerprint density at radius 3 is 2.29 bits per heavy atom. The Hall–Kier alpha value is -4.69. The molecule has 8 heteroatoms. The van der Waals surface area contributed by atoms with Crippen LogP contribution in [0.2, 0.25) is 0 Å². The zero-order valence-electron chi connectivity index (χ0n) is 23.1. The molecule has 1 aliphatic rings. The molecule has 0 saturated carbocycles. The minimum absolute atomic E-state index is 0.191. The van der Waals surface area contributed by atoms with E-state index in [2.05, 4.69) is 30.3 Å². The lowest BCUT2D eigenvalue weighted by Crippen LogP contribution is -2.40. The third-order valence-electron chi connectivity index (χ3n) is 7.34. The van der Waals surface area contributed by atoms with Crippen LogP contribution in [0.3, 0.4) is 0 Å². The van der Waals surface area contributed by atoms with E-state index in [1.807, 2.05) is 30.3 Å². The normalized spacial score (nSPS) is 15.1. The predicted octanol–water partition coefficient (Wildman–Crippen LogP) is 5.12. The fourth-order valence-electron chi connectivity index (χ4n) is 5.47. The molecule has 5 aromatic rings. The van der Waals surface area contributed by atoms with Crippen LogP contribution in [-0.4, -0.2) is 31.4 Å². The molecule has 41 heavy (non-hydrogen) atoms. The van der Waals surface area contributed by atoms with Crippen molar-refractivity contribution in [3.8, 4) is 11.5 Å². The fourth-order valence-corrected chi connectivity index (χ4v) is 6.50. The van der Waals surface area contributed by atoms with E-state index in [4.69, 9.17) is 19.2 Å². The molecule has 0 amide bonds. The molecular formula is C33H28N2O5S. The Labute approximate surface area is 240 Å². The number of thiazole rings is 1. The quantitative estimate of drug-likeness (QED) is 0.211. The number of methoxy groups -OCH3 is 2. The van der Waals surface area contributed by atoms with Gasteiger partial charge in [-0.3, -0.25) is 9.36 Å². The fraction of sp³-hybridized carbons (Fsp3) is 0.182. The molecule has 206 valence electrons. The SMILES string of the molecule is CCOC(=O)C1=C(C)N=c2s/c(=C\c3c4ccccc4cc4ccccc34)c(=O)n2C1c1cc(OC)ccc1OC. The van der Waals surface area contributed by atoms with Crippen LogP contribution in [0.1, 0.15) is 31.0 Å². The minimum atomic E-state index is -0.818. The summed E-state index contributed by atoms with van der Waals surface area (Å²) in [5, 5.41) is 4.27. The van der Waals surface area contributed by atoms with Gasteiger partial charge >= 0.3 is 5.97 Å². The average molecular weight is 565 g/mol. The van der Waals surface area contributed by atoms with E-state index in [9.17, 15) is 9.59 Å². The summed E-state index contributed by atoms with van der Waals surface area (Å²) >= 11 is 1.30. The predicted molar refractivity (Wildman–Crippen MR) is 161 cm³/mol. The molecule has 0 spiro atoms.